The molecule has 0 aliphatic carbocycles. The molecule has 0 radical (unpaired) electrons. The molecule has 0 saturated carbocycles. The van der Waals surface area contributed by atoms with Crippen LogP contribution in [0, 0.1) is 18.6 Å². The van der Waals surface area contributed by atoms with E-state index in [4.69, 9.17) is 5.73 Å². The fraction of sp³-hybridized carbons (Fsp3) is 0.0714. The van der Waals surface area contributed by atoms with E-state index in [0.29, 0.717) is 5.56 Å². The highest BCUT2D eigenvalue weighted by atomic mass is 19.1. The number of benzene rings is 2. The maximum Gasteiger partial charge on any atom is 0.255 e. The molecular formula is C14H12F2N2O. The van der Waals surface area contributed by atoms with Gasteiger partial charge in [0.1, 0.15) is 11.6 Å². The van der Waals surface area contributed by atoms with Gasteiger partial charge in [-0.1, -0.05) is 6.07 Å². The minimum absolute atomic E-state index is 0.000170. The van der Waals surface area contributed by atoms with Crippen molar-refractivity contribution < 1.29 is 13.6 Å². The van der Waals surface area contributed by atoms with Gasteiger partial charge in [-0.25, -0.2) is 8.78 Å². The van der Waals surface area contributed by atoms with Crippen LogP contribution in [0.3, 0.4) is 0 Å². The highest BCUT2D eigenvalue weighted by Gasteiger charge is 2.11. The summed E-state index contributed by atoms with van der Waals surface area (Å²) in [6, 6.07) is 8.00. The zero-order valence-corrected chi connectivity index (χ0v) is 10.2. The van der Waals surface area contributed by atoms with Gasteiger partial charge in [-0.3, -0.25) is 4.79 Å². The smallest absolute Gasteiger partial charge is 0.255 e. The summed E-state index contributed by atoms with van der Waals surface area (Å²) in [5.74, 6) is -1.70. The number of hydrogen-bond acceptors (Lipinski definition) is 2. The highest BCUT2D eigenvalue weighted by molar-refractivity contribution is 6.04. The Morgan fingerprint density at radius 1 is 1.11 bits per heavy atom. The maximum atomic E-state index is 13.5. The van der Waals surface area contributed by atoms with Gasteiger partial charge < -0.3 is 11.1 Å². The lowest BCUT2D eigenvalue weighted by Crippen LogP contribution is -2.13. The van der Waals surface area contributed by atoms with E-state index in [1.54, 1.807) is 6.92 Å². The predicted octanol–water partition coefficient (Wildman–Crippen LogP) is 3.11. The van der Waals surface area contributed by atoms with Crippen LogP contribution >= 0.6 is 0 Å². The molecule has 2 aromatic carbocycles. The van der Waals surface area contributed by atoms with Crippen LogP contribution in [0.4, 0.5) is 20.2 Å². The lowest BCUT2D eigenvalue weighted by molar-refractivity contribution is 0.102. The first-order valence-corrected chi connectivity index (χ1v) is 5.60. The van der Waals surface area contributed by atoms with Crippen LogP contribution in [0.25, 0.3) is 0 Å². The molecule has 0 spiro atoms. The minimum atomic E-state index is -0.638. The van der Waals surface area contributed by atoms with E-state index in [0.717, 1.165) is 12.1 Å². The molecule has 0 atom stereocenters. The van der Waals surface area contributed by atoms with Crippen LogP contribution in [-0.4, -0.2) is 5.91 Å². The van der Waals surface area contributed by atoms with E-state index in [2.05, 4.69) is 5.32 Å². The molecule has 3 nitrogen and oxygen atoms in total. The first-order valence-electron chi connectivity index (χ1n) is 5.60. The fourth-order valence-corrected chi connectivity index (χ4v) is 1.56. The molecule has 0 aromatic heterocycles. The van der Waals surface area contributed by atoms with Crippen LogP contribution < -0.4 is 11.1 Å². The van der Waals surface area contributed by atoms with E-state index in [-0.39, 0.29) is 16.9 Å². The minimum Gasteiger partial charge on any atom is -0.399 e. The first kappa shape index (κ1) is 13.0. The van der Waals surface area contributed by atoms with Crippen molar-refractivity contribution in [2.75, 3.05) is 11.1 Å². The van der Waals surface area contributed by atoms with Crippen LogP contribution in [0.15, 0.2) is 36.4 Å². The quantitative estimate of drug-likeness (QED) is 0.817. The van der Waals surface area contributed by atoms with E-state index in [1.165, 1.54) is 24.3 Å². The molecule has 5 heteroatoms. The van der Waals surface area contributed by atoms with Gasteiger partial charge in [0.05, 0.1) is 5.69 Å². The Hall–Kier alpha value is -2.43. The van der Waals surface area contributed by atoms with Gasteiger partial charge in [0, 0.05) is 11.3 Å². The fourth-order valence-electron chi connectivity index (χ4n) is 1.56. The van der Waals surface area contributed by atoms with Crippen molar-refractivity contribution in [2.24, 2.45) is 0 Å². The Kier molecular flexibility index (Phi) is 3.46. The Labute approximate surface area is 109 Å². The lowest BCUT2D eigenvalue weighted by atomic mass is 10.1. The van der Waals surface area contributed by atoms with Crippen molar-refractivity contribution in [1.29, 1.82) is 0 Å². The monoisotopic (exact) mass is 262 g/mol. The third kappa shape index (κ3) is 2.88. The molecule has 0 heterocycles. The average Bonchev–Trinajstić information content (AvgIpc) is 2.36. The van der Waals surface area contributed by atoms with Crippen molar-refractivity contribution in [1.82, 2.24) is 0 Å². The lowest BCUT2D eigenvalue weighted by Gasteiger charge is -2.07. The van der Waals surface area contributed by atoms with Gasteiger partial charge in [0.2, 0.25) is 0 Å². The largest absolute Gasteiger partial charge is 0.399 e. The Morgan fingerprint density at radius 3 is 2.47 bits per heavy atom. The van der Waals surface area contributed by atoms with E-state index < -0.39 is 17.5 Å². The molecule has 2 rings (SSSR count). The summed E-state index contributed by atoms with van der Waals surface area (Å²) in [5.41, 5.74) is 6.23. The normalized spacial score (nSPS) is 10.3. The summed E-state index contributed by atoms with van der Waals surface area (Å²) < 4.78 is 26.8. The SMILES string of the molecule is Cc1ccc(C(=O)Nc2ccc(N)cc2F)cc1F. The molecule has 0 saturated heterocycles. The summed E-state index contributed by atoms with van der Waals surface area (Å²) in [4.78, 5) is 11.8. The molecule has 19 heavy (non-hydrogen) atoms. The standard InChI is InChI=1S/C14H12F2N2O/c1-8-2-3-9(6-11(8)15)14(19)18-13-5-4-10(17)7-12(13)16/h2-7H,17H2,1H3,(H,18,19). The molecule has 0 unspecified atom stereocenters. The Morgan fingerprint density at radius 2 is 1.84 bits per heavy atom. The molecule has 3 N–H and O–H groups in total. The zero-order valence-electron chi connectivity index (χ0n) is 10.2. The van der Waals surface area contributed by atoms with Gasteiger partial charge in [0.25, 0.3) is 5.91 Å². The number of carbonyl (C=O) groups is 1. The van der Waals surface area contributed by atoms with E-state index in [1.807, 2.05) is 0 Å². The molecular weight excluding hydrogens is 250 g/mol. The summed E-state index contributed by atoms with van der Waals surface area (Å²) in [5, 5.41) is 2.36. The van der Waals surface area contributed by atoms with Crippen molar-refractivity contribution in [3.63, 3.8) is 0 Å². The molecule has 98 valence electrons. The van der Waals surface area contributed by atoms with Crippen LogP contribution in [0.1, 0.15) is 15.9 Å². The highest BCUT2D eigenvalue weighted by Crippen LogP contribution is 2.18. The van der Waals surface area contributed by atoms with Crippen molar-refractivity contribution in [3.8, 4) is 0 Å². The molecule has 2 aromatic rings. The van der Waals surface area contributed by atoms with Crippen molar-refractivity contribution >= 4 is 17.3 Å². The van der Waals surface area contributed by atoms with Gasteiger partial charge >= 0.3 is 0 Å². The Balaban J connectivity index is 2.23. The number of aryl methyl sites for hydroxylation is 1. The molecule has 0 bridgehead atoms. The predicted molar refractivity (Wildman–Crippen MR) is 69.9 cm³/mol. The summed E-state index contributed by atoms with van der Waals surface area (Å²) >= 11 is 0. The number of amides is 1. The molecule has 1 amide bonds. The molecule has 0 aliphatic rings. The van der Waals surface area contributed by atoms with Gasteiger partial charge in [-0.2, -0.15) is 0 Å². The maximum absolute atomic E-state index is 13.5. The van der Waals surface area contributed by atoms with Crippen LogP contribution in [0.2, 0.25) is 0 Å². The number of rotatable bonds is 2. The topological polar surface area (TPSA) is 55.1 Å². The number of nitrogens with two attached hydrogens (primary N) is 1. The van der Waals surface area contributed by atoms with Gasteiger partial charge in [-0.15, -0.1) is 0 Å². The number of carbonyl (C=O) groups excluding carboxylic acids is 1. The summed E-state index contributed by atoms with van der Waals surface area (Å²) in [7, 11) is 0. The second-order valence-electron chi connectivity index (χ2n) is 4.16. The van der Waals surface area contributed by atoms with E-state index in [9.17, 15) is 13.6 Å². The second kappa shape index (κ2) is 5.06. The average molecular weight is 262 g/mol. The van der Waals surface area contributed by atoms with Crippen LogP contribution in [0.5, 0.6) is 0 Å². The number of hydrogen-bond donors (Lipinski definition) is 2. The van der Waals surface area contributed by atoms with Crippen LogP contribution in [-0.2, 0) is 0 Å². The third-order valence-corrected chi connectivity index (χ3v) is 2.68. The number of halogens is 2. The molecule has 0 aliphatic heterocycles. The number of nitrogen functional groups attached to an aromatic ring is 1. The zero-order chi connectivity index (χ0) is 14.0. The number of nitrogens with one attached hydrogen (secondary N) is 1. The van der Waals surface area contributed by atoms with Gasteiger partial charge in [0.15, 0.2) is 0 Å². The number of anilines is 2. The van der Waals surface area contributed by atoms with Gasteiger partial charge in [-0.05, 0) is 42.8 Å². The second-order valence-corrected chi connectivity index (χ2v) is 4.16. The van der Waals surface area contributed by atoms with E-state index >= 15 is 0 Å². The first-order chi connectivity index (χ1) is 8.97. The summed E-state index contributed by atoms with van der Waals surface area (Å²) in [6.45, 7) is 1.59. The van der Waals surface area contributed by atoms with Crippen molar-refractivity contribution in [2.45, 2.75) is 6.92 Å². The molecule has 0 fully saturated rings. The van der Waals surface area contributed by atoms with Crippen molar-refractivity contribution in [3.05, 3.63) is 59.2 Å². The Bertz CT molecular complexity index is 641. The summed E-state index contributed by atoms with van der Waals surface area (Å²) in [6.07, 6.45) is 0. The third-order valence-electron chi connectivity index (χ3n) is 2.68.